The summed E-state index contributed by atoms with van der Waals surface area (Å²) in [5, 5.41) is 14.1. The number of hydrogen-bond donors (Lipinski definition) is 0. The molecule has 0 amide bonds. The van der Waals surface area contributed by atoms with E-state index in [-0.39, 0.29) is 22.3 Å². The Kier molecular flexibility index (Phi) is 5.06. The molecule has 0 N–H and O–H groups in total. The van der Waals surface area contributed by atoms with Crippen LogP contribution < -0.4 is 11.1 Å². The topological polar surface area (TPSA) is 112 Å². The van der Waals surface area contributed by atoms with E-state index in [4.69, 9.17) is 9.05 Å². The van der Waals surface area contributed by atoms with Gasteiger partial charge < -0.3 is 9.05 Å². The number of aromatic nitrogens is 4. The van der Waals surface area contributed by atoms with Crippen LogP contribution in [0.2, 0.25) is 0 Å². The van der Waals surface area contributed by atoms with Gasteiger partial charge in [0.25, 0.3) is 5.56 Å². The van der Waals surface area contributed by atoms with Gasteiger partial charge in [-0.3, -0.25) is 13.9 Å². The van der Waals surface area contributed by atoms with E-state index >= 15 is 0 Å². The van der Waals surface area contributed by atoms with Crippen molar-refractivity contribution in [2.24, 2.45) is 0 Å². The molecule has 0 aliphatic rings. The van der Waals surface area contributed by atoms with E-state index in [9.17, 15) is 14.6 Å². The molecule has 10 heteroatoms. The maximum atomic E-state index is 13.4. The van der Waals surface area contributed by atoms with Gasteiger partial charge in [0.2, 0.25) is 5.57 Å². The molecule has 0 saturated carbocycles. The Labute approximate surface area is 171 Å². The Morgan fingerprint density at radius 1 is 0.933 bits per heavy atom. The standard InChI is InChI=1S/C20H16N5O4P/c1-28-30(27,29-2)20-22-17-16(13-21)25(15-11-7-4-8-12-15)23-18(17)19(26)24(20)14-9-5-3-6-10-14/h3-12H,1-2H3. The van der Waals surface area contributed by atoms with E-state index in [0.717, 1.165) is 4.57 Å². The Hall–Kier alpha value is -3.57. The van der Waals surface area contributed by atoms with Gasteiger partial charge in [-0.2, -0.15) is 10.4 Å². The number of hydrogen-bond acceptors (Lipinski definition) is 7. The zero-order valence-corrected chi connectivity index (χ0v) is 17.0. The highest BCUT2D eigenvalue weighted by Crippen LogP contribution is 2.44. The van der Waals surface area contributed by atoms with E-state index in [1.165, 1.54) is 18.9 Å². The SMILES string of the molecule is COP(=O)(OC)c1nc2c(C#N)n(-c3ccccc3)nc2c(=O)n1-c1ccccc1. The third-order valence-electron chi connectivity index (χ3n) is 4.52. The monoisotopic (exact) mass is 421 g/mol. The fourth-order valence-corrected chi connectivity index (χ4v) is 4.24. The summed E-state index contributed by atoms with van der Waals surface area (Å²) in [5.74, 6) is 0. The zero-order chi connectivity index (χ0) is 21.3. The van der Waals surface area contributed by atoms with Crippen LogP contribution >= 0.6 is 7.60 Å². The van der Waals surface area contributed by atoms with Crippen molar-refractivity contribution in [2.75, 3.05) is 14.2 Å². The van der Waals surface area contributed by atoms with Gasteiger partial charge in [0, 0.05) is 14.2 Å². The molecule has 0 radical (unpaired) electrons. The first kappa shape index (κ1) is 19.7. The fraction of sp³-hybridized carbons (Fsp3) is 0.100. The molecule has 0 saturated heterocycles. The number of nitriles is 1. The Bertz CT molecular complexity index is 1370. The molecule has 150 valence electrons. The van der Waals surface area contributed by atoms with Gasteiger partial charge in [-0.25, -0.2) is 9.67 Å². The number of benzene rings is 2. The van der Waals surface area contributed by atoms with Crippen molar-refractivity contribution in [1.29, 1.82) is 5.26 Å². The molecule has 4 aromatic rings. The zero-order valence-electron chi connectivity index (χ0n) is 16.1. The molecule has 0 fully saturated rings. The lowest BCUT2D eigenvalue weighted by molar-refractivity contribution is 0.285. The summed E-state index contributed by atoms with van der Waals surface area (Å²) in [5.41, 5.74) is 0.176. The van der Waals surface area contributed by atoms with Gasteiger partial charge in [-0.1, -0.05) is 36.4 Å². The average molecular weight is 421 g/mol. The highest BCUT2D eigenvalue weighted by atomic mass is 31.2. The first-order chi connectivity index (χ1) is 14.5. The molecule has 2 aromatic carbocycles. The van der Waals surface area contributed by atoms with Crippen LogP contribution in [0.5, 0.6) is 0 Å². The second-order valence-electron chi connectivity index (χ2n) is 6.16. The molecular weight excluding hydrogens is 405 g/mol. The molecule has 2 aromatic heterocycles. The van der Waals surface area contributed by atoms with Crippen molar-refractivity contribution in [3.05, 3.63) is 76.7 Å². The lowest BCUT2D eigenvalue weighted by atomic mass is 10.3. The highest BCUT2D eigenvalue weighted by Gasteiger charge is 2.34. The average Bonchev–Trinajstić information content (AvgIpc) is 3.18. The summed E-state index contributed by atoms with van der Waals surface area (Å²) in [4.78, 5) is 17.8. The minimum absolute atomic E-state index is 0.0165. The van der Waals surface area contributed by atoms with Crippen molar-refractivity contribution in [3.63, 3.8) is 0 Å². The molecule has 30 heavy (non-hydrogen) atoms. The predicted molar refractivity (Wildman–Crippen MR) is 110 cm³/mol. The number of para-hydroxylation sites is 2. The Balaban J connectivity index is 2.16. The summed E-state index contributed by atoms with van der Waals surface area (Å²) in [6, 6.07) is 19.5. The van der Waals surface area contributed by atoms with Crippen LogP contribution in [0.25, 0.3) is 22.4 Å². The Morgan fingerprint density at radius 2 is 1.50 bits per heavy atom. The van der Waals surface area contributed by atoms with E-state index < -0.39 is 13.2 Å². The smallest absolute Gasteiger partial charge is 0.306 e. The maximum absolute atomic E-state index is 13.4. The van der Waals surface area contributed by atoms with Gasteiger partial charge in [0.15, 0.2) is 11.2 Å². The van der Waals surface area contributed by atoms with Crippen LogP contribution in [0, 0.1) is 11.3 Å². The second kappa shape index (κ2) is 7.69. The van der Waals surface area contributed by atoms with Crippen LogP contribution in [0.15, 0.2) is 65.5 Å². The van der Waals surface area contributed by atoms with Crippen molar-refractivity contribution in [2.45, 2.75) is 0 Å². The second-order valence-corrected chi connectivity index (χ2v) is 8.28. The summed E-state index contributed by atoms with van der Waals surface area (Å²) in [6.07, 6.45) is 0. The predicted octanol–water partition coefficient (Wildman–Crippen LogP) is 2.55. The van der Waals surface area contributed by atoms with Gasteiger partial charge >= 0.3 is 7.60 Å². The van der Waals surface area contributed by atoms with Crippen molar-refractivity contribution >= 4 is 24.2 Å². The van der Waals surface area contributed by atoms with Crippen LogP contribution in [-0.4, -0.2) is 33.6 Å². The first-order valence-electron chi connectivity index (χ1n) is 8.83. The van der Waals surface area contributed by atoms with E-state index in [1.54, 1.807) is 54.6 Å². The van der Waals surface area contributed by atoms with Crippen LogP contribution in [-0.2, 0) is 13.6 Å². The minimum atomic E-state index is -3.96. The van der Waals surface area contributed by atoms with Crippen LogP contribution in [0.4, 0.5) is 0 Å². The molecule has 0 spiro atoms. The molecule has 0 atom stereocenters. The third kappa shape index (κ3) is 3.04. The van der Waals surface area contributed by atoms with E-state index in [0.29, 0.717) is 11.4 Å². The number of rotatable bonds is 5. The van der Waals surface area contributed by atoms with Crippen molar-refractivity contribution < 1.29 is 13.6 Å². The molecule has 0 bridgehead atoms. The lowest BCUT2D eigenvalue weighted by Crippen LogP contribution is -2.35. The molecule has 2 heterocycles. The molecule has 0 aliphatic carbocycles. The lowest BCUT2D eigenvalue weighted by Gasteiger charge is -2.17. The van der Waals surface area contributed by atoms with E-state index in [1.807, 2.05) is 12.1 Å². The summed E-state index contributed by atoms with van der Waals surface area (Å²) >= 11 is 0. The molecule has 0 unspecified atom stereocenters. The highest BCUT2D eigenvalue weighted by molar-refractivity contribution is 7.61. The van der Waals surface area contributed by atoms with Gasteiger partial charge in [-0.15, -0.1) is 0 Å². The van der Waals surface area contributed by atoms with Crippen molar-refractivity contribution in [1.82, 2.24) is 19.3 Å². The molecule has 9 nitrogen and oxygen atoms in total. The number of fused-ring (bicyclic) bond motifs is 1. The Morgan fingerprint density at radius 3 is 2.03 bits per heavy atom. The largest absolute Gasteiger partial charge is 0.396 e. The summed E-state index contributed by atoms with van der Waals surface area (Å²) in [7, 11) is -1.55. The molecular formula is C20H16N5O4P. The quantitative estimate of drug-likeness (QED) is 0.455. The van der Waals surface area contributed by atoms with Crippen LogP contribution in [0.1, 0.15) is 5.69 Å². The van der Waals surface area contributed by atoms with Crippen molar-refractivity contribution in [3.8, 4) is 17.4 Å². The normalized spacial score (nSPS) is 11.5. The van der Waals surface area contributed by atoms with Crippen LogP contribution in [0.3, 0.4) is 0 Å². The van der Waals surface area contributed by atoms with E-state index in [2.05, 4.69) is 10.1 Å². The van der Waals surface area contributed by atoms with Gasteiger partial charge in [-0.05, 0) is 24.3 Å². The van der Waals surface area contributed by atoms with Gasteiger partial charge in [0.05, 0.1) is 11.4 Å². The first-order valence-corrected chi connectivity index (χ1v) is 10.4. The minimum Gasteiger partial charge on any atom is -0.306 e. The molecule has 4 rings (SSSR count). The fourth-order valence-electron chi connectivity index (χ4n) is 3.09. The summed E-state index contributed by atoms with van der Waals surface area (Å²) in [6.45, 7) is 0. The maximum Gasteiger partial charge on any atom is 0.396 e. The third-order valence-corrected chi connectivity index (χ3v) is 6.28. The molecule has 0 aliphatic heterocycles. The summed E-state index contributed by atoms with van der Waals surface area (Å²) < 4.78 is 25.9. The van der Waals surface area contributed by atoms with Gasteiger partial charge in [0.1, 0.15) is 11.6 Å². The number of nitrogens with zero attached hydrogens (tertiary/aromatic N) is 5.